The van der Waals surface area contributed by atoms with E-state index in [9.17, 15) is 40.7 Å². The first-order valence-corrected chi connectivity index (χ1v) is 9.38. The molecule has 0 unspecified atom stereocenters. The van der Waals surface area contributed by atoms with Crippen LogP contribution >= 0.6 is 0 Å². The van der Waals surface area contributed by atoms with Crippen LogP contribution in [0.4, 0.5) is 26.3 Å². The minimum absolute atomic E-state index is 0.0632. The van der Waals surface area contributed by atoms with Crippen molar-refractivity contribution in [3.63, 3.8) is 0 Å². The van der Waals surface area contributed by atoms with Crippen LogP contribution in [0.15, 0.2) is 47.4 Å². The molecule has 1 fully saturated rings. The quantitative estimate of drug-likeness (QED) is 0.661. The molecule has 1 aliphatic heterocycles. The van der Waals surface area contributed by atoms with Gasteiger partial charge in [0.1, 0.15) is 6.54 Å². The van der Waals surface area contributed by atoms with E-state index in [0.29, 0.717) is 16.8 Å². The summed E-state index contributed by atoms with van der Waals surface area (Å²) in [5.41, 5.74) is -2.64. The van der Waals surface area contributed by atoms with Gasteiger partial charge in [-0.05, 0) is 30.3 Å². The Labute approximate surface area is 177 Å². The van der Waals surface area contributed by atoms with Gasteiger partial charge in [-0.1, -0.05) is 0 Å². The van der Waals surface area contributed by atoms with E-state index >= 15 is 0 Å². The van der Waals surface area contributed by atoms with Gasteiger partial charge in [0.2, 0.25) is 5.91 Å². The number of carbonyl (C=O) groups excluding carboxylic acids is 2. The fraction of sp³-hybridized carbons (Fsp3) is 0.350. The van der Waals surface area contributed by atoms with Crippen molar-refractivity contribution in [2.45, 2.75) is 18.9 Å². The highest BCUT2D eigenvalue weighted by Crippen LogP contribution is 2.29. The van der Waals surface area contributed by atoms with Gasteiger partial charge < -0.3 is 14.4 Å². The average Bonchev–Trinajstić information content (AvgIpc) is 2.73. The van der Waals surface area contributed by atoms with Crippen LogP contribution in [0.1, 0.15) is 21.5 Å². The van der Waals surface area contributed by atoms with E-state index in [2.05, 4.69) is 0 Å². The van der Waals surface area contributed by atoms with E-state index in [1.807, 2.05) is 0 Å². The molecular weight excluding hydrogens is 444 g/mol. The lowest BCUT2D eigenvalue weighted by Crippen LogP contribution is -2.51. The van der Waals surface area contributed by atoms with E-state index in [4.69, 9.17) is 0 Å². The maximum atomic E-state index is 12.8. The van der Waals surface area contributed by atoms with Crippen LogP contribution in [0.5, 0.6) is 0 Å². The van der Waals surface area contributed by atoms with Gasteiger partial charge in [-0.3, -0.25) is 14.4 Å². The number of aromatic nitrogens is 1. The van der Waals surface area contributed by atoms with Gasteiger partial charge >= 0.3 is 12.4 Å². The number of rotatable bonds is 3. The Morgan fingerprint density at radius 2 is 1.25 bits per heavy atom. The molecular formula is C20H17F6N3O3. The largest absolute Gasteiger partial charge is 0.417 e. The van der Waals surface area contributed by atoms with Gasteiger partial charge in [0.05, 0.1) is 11.1 Å². The number of hydrogen-bond donors (Lipinski definition) is 0. The summed E-state index contributed by atoms with van der Waals surface area (Å²) in [6.07, 6.45) is -8.61. The summed E-state index contributed by atoms with van der Waals surface area (Å²) in [6.45, 7) is -0.278. The van der Waals surface area contributed by atoms with Crippen molar-refractivity contribution in [3.8, 4) is 0 Å². The van der Waals surface area contributed by atoms with E-state index in [1.54, 1.807) is 0 Å². The zero-order chi connectivity index (χ0) is 23.7. The Bertz CT molecular complexity index is 1050. The third kappa shape index (κ3) is 5.29. The summed E-state index contributed by atoms with van der Waals surface area (Å²) in [5.74, 6) is -1.09. The van der Waals surface area contributed by atoms with Crippen molar-refractivity contribution in [3.05, 3.63) is 69.6 Å². The molecule has 0 aliphatic carbocycles. The third-order valence-corrected chi connectivity index (χ3v) is 5.00. The number of alkyl halides is 6. The Hall–Kier alpha value is -3.31. The Morgan fingerprint density at radius 1 is 0.750 bits per heavy atom. The number of piperazine rings is 1. The molecule has 0 radical (unpaired) electrons. The summed E-state index contributed by atoms with van der Waals surface area (Å²) < 4.78 is 77.1. The molecule has 1 aromatic carbocycles. The van der Waals surface area contributed by atoms with Crippen molar-refractivity contribution in [2.75, 3.05) is 26.2 Å². The van der Waals surface area contributed by atoms with Crippen molar-refractivity contribution in [1.82, 2.24) is 14.4 Å². The lowest BCUT2D eigenvalue weighted by molar-refractivity contribution is -0.139. The smallest absolute Gasteiger partial charge is 0.338 e. The molecule has 1 aliphatic rings. The fourth-order valence-corrected chi connectivity index (χ4v) is 3.21. The van der Waals surface area contributed by atoms with Crippen LogP contribution in [0, 0.1) is 0 Å². The first kappa shape index (κ1) is 23.4. The van der Waals surface area contributed by atoms with Gasteiger partial charge in [0, 0.05) is 44.0 Å². The number of amides is 2. The maximum Gasteiger partial charge on any atom is 0.417 e. The van der Waals surface area contributed by atoms with Crippen molar-refractivity contribution in [1.29, 1.82) is 0 Å². The second kappa shape index (κ2) is 8.67. The molecule has 1 aromatic heterocycles. The van der Waals surface area contributed by atoms with Crippen LogP contribution in [0.3, 0.4) is 0 Å². The SMILES string of the molecule is O=C(Cn1cc(C(F)(F)F)ccc1=O)N1CCN(C(=O)c2ccc(C(F)(F)F)cc2)CC1. The summed E-state index contributed by atoms with van der Waals surface area (Å²) in [7, 11) is 0. The van der Waals surface area contributed by atoms with Crippen LogP contribution in [-0.2, 0) is 23.7 Å². The molecule has 172 valence electrons. The van der Waals surface area contributed by atoms with Crippen molar-refractivity contribution >= 4 is 11.8 Å². The molecule has 2 heterocycles. The van der Waals surface area contributed by atoms with Crippen molar-refractivity contribution in [2.24, 2.45) is 0 Å². The Balaban J connectivity index is 1.60. The van der Waals surface area contributed by atoms with Gasteiger partial charge in [-0.15, -0.1) is 0 Å². The number of benzene rings is 1. The lowest BCUT2D eigenvalue weighted by atomic mass is 10.1. The van der Waals surface area contributed by atoms with Gasteiger partial charge in [0.25, 0.3) is 11.5 Å². The van der Waals surface area contributed by atoms with E-state index in [1.165, 1.54) is 9.80 Å². The van der Waals surface area contributed by atoms with Crippen LogP contribution in [-0.4, -0.2) is 52.4 Å². The van der Waals surface area contributed by atoms with Crippen molar-refractivity contribution < 1.29 is 35.9 Å². The number of pyridine rings is 1. The molecule has 12 heteroatoms. The van der Waals surface area contributed by atoms with Gasteiger partial charge in [-0.25, -0.2) is 0 Å². The van der Waals surface area contributed by atoms with Crippen LogP contribution in [0.25, 0.3) is 0 Å². The zero-order valence-electron chi connectivity index (χ0n) is 16.4. The normalized spacial score (nSPS) is 15.1. The minimum atomic E-state index is -4.66. The zero-order valence-corrected chi connectivity index (χ0v) is 16.4. The summed E-state index contributed by atoms with van der Waals surface area (Å²) in [4.78, 5) is 39.4. The molecule has 0 spiro atoms. The highest BCUT2D eigenvalue weighted by molar-refractivity contribution is 5.94. The summed E-state index contributed by atoms with van der Waals surface area (Å²) >= 11 is 0. The minimum Gasteiger partial charge on any atom is -0.338 e. The number of nitrogens with zero attached hydrogens (tertiary/aromatic N) is 3. The fourth-order valence-electron chi connectivity index (χ4n) is 3.21. The van der Waals surface area contributed by atoms with E-state index in [-0.39, 0.29) is 31.7 Å². The Morgan fingerprint density at radius 3 is 1.78 bits per heavy atom. The van der Waals surface area contributed by atoms with Gasteiger partial charge in [0.15, 0.2) is 0 Å². The monoisotopic (exact) mass is 461 g/mol. The third-order valence-electron chi connectivity index (χ3n) is 5.00. The molecule has 0 saturated carbocycles. The molecule has 0 N–H and O–H groups in total. The van der Waals surface area contributed by atoms with Gasteiger partial charge in [-0.2, -0.15) is 26.3 Å². The number of carbonyl (C=O) groups is 2. The number of halogens is 6. The molecule has 0 bridgehead atoms. The maximum absolute atomic E-state index is 12.8. The summed E-state index contributed by atoms with van der Waals surface area (Å²) in [6, 6.07) is 5.12. The molecule has 3 rings (SSSR count). The molecule has 6 nitrogen and oxygen atoms in total. The van der Waals surface area contributed by atoms with Crippen LogP contribution < -0.4 is 5.56 Å². The highest BCUT2D eigenvalue weighted by atomic mass is 19.4. The summed E-state index contributed by atoms with van der Waals surface area (Å²) in [5, 5.41) is 0. The predicted molar refractivity (Wildman–Crippen MR) is 99.6 cm³/mol. The highest BCUT2D eigenvalue weighted by Gasteiger charge is 2.32. The topological polar surface area (TPSA) is 62.6 Å². The average molecular weight is 461 g/mol. The Kier molecular flexibility index (Phi) is 6.33. The number of hydrogen-bond acceptors (Lipinski definition) is 3. The predicted octanol–water partition coefficient (Wildman–Crippen LogP) is 2.87. The lowest BCUT2D eigenvalue weighted by Gasteiger charge is -2.35. The van der Waals surface area contributed by atoms with Crippen LogP contribution in [0.2, 0.25) is 0 Å². The molecule has 0 atom stereocenters. The first-order chi connectivity index (χ1) is 14.9. The molecule has 1 saturated heterocycles. The molecule has 32 heavy (non-hydrogen) atoms. The molecule has 2 amide bonds. The second-order valence-electron chi connectivity index (χ2n) is 7.13. The van der Waals surface area contributed by atoms with E-state index < -0.39 is 47.4 Å². The second-order valence-corrected chi connectivity index (χ2v) is 7.13. The first-order valence-electron chi connectivity index (χ1n) is 9.38. The molecule has 2 aromatic rings. The van der Waals surface area contributed by atoms with E-state index in [0.717, 1.165) is 30.3 Å². The standard InChI is InChI=1S/C20H17F6N3O3/c21-19(22,23)14-3-1-13(2-4-14)18(32)28-9-7-27(8-10-28)17(31)12-29-11-15(20(24,25)26)5-6-16(29)30/h1-6,11H,7-10,12H2.